The molecule has 11 heteroatoms. The molecule has 44 heavy (non-hydrogen) atoms. The van der Waals surface area contributed by atoms with E-state index < -0.39 is 28.5 Å². The zero-order valence-corrected chi connectivity index (χ0v) is 27.8. The summed E-state index contributed by atoms with van der Waals surface area (Å²) in [4.78, 5) is 30.3. The first-order valence-corrected chi connectivity index (χ1v) is 17.9. The Labute approximate surface area is 270 Å². The second kappa shape index (κ2) is 15.7. The molecule has 4 rings (SSSR count). The highest BCUT2D eigenvalue weighted by Gasteiger charge is 2.34. The van der Waals surface area contributed by atoms with Gasteiger partial charge in [-0.25, -0.2) is 8.42 Å². The van der Waals surface area contributed by atoms with Crippen molar-refractivity contribution in [2.24, 2.45) is 0 Å². The highest BCUT2D eigenvalue weighted by Crippen LogP contribution is 2.28. The number of ether oxygens (including phenoxy) is 1. The number of amides is 2. The third-order valence-corrected chi connectivity index (χ3v) is 10.5. The van der Waals surface area contributed by atoms with Crippen molar-refractivity contribution in [2.45, 2.75) is 74.4 Å². The van der Waals surface area contributed by atoms with Crippen LogP contribution in [-0.4, -0.2) is 56.6 Å². The molecule has 1 aliphatic rings. The van der Waals surface area contributed by atoms with Gasteiger partial charge in [0.2, 0.25) is 11.8 Å². The summed E-state index contributed by atoms with van der Waals surface area (Å²) in [5.74, 6) is -0.139. The summed E-state index contributed by atoms with van der Waals surface area (Å²) in [6.45, 7) is 3.80. The maximum atomic E-state index is 14.3. The molecule has 1 fully saturated rings. The number of nitrogens with zero attached hydrogens (tertiary/aromatic N) is 2. The molecule has 0 heterocycles. The summed E-state index contributed by atoms with van der Waals surface area (Å²) in [6.07, 6.45) is 6.21. The minimum absolute atomic E-state index is 0.0623. The quantitative estimate of drug-likeness (QED) is 0.198. The Hall–Kier alpha value is -3.21. The molecule has 8 nitrogen and oxygen atoms in total. The van der Waals surface area contributed by atoms with Gasteiger partial charge in [-0.05, 0) is 98.7 Å². The highest BCUT2D eigenvalue weighted by molar-refractivity contribution is 7.98. The maximum Gasteiger partial charge on any atom is 0.264 e. The van der Waals surface area contributed by atoms with Gasteiger partial charge < -0.3 is 15.0 Å². The molecule has 3 aromatic carbocycles. The Morgan fingerprint density at radius 3 is 2.18 bits per heavy atom. The maximum absolute atomic E-state index is 14.3. The first-order chi connectivity index (χ1) is 21.2. The molecule has 0 spiro atoms. The second-order valence-electron chi connectivity index (χ2n) is 10.7. The van der Waals surface area contributed by atoms with E-state index in [1.165, 1.54) is 16.7 Å². The van der Waals surface area contributed by atoms with Gasteiger partial charge in [-0.15, -0.1) is 11.8 Å². The van der Waals surface area contributed by atoms with Gasteiger partial charge in [0.1, 0.15) is 18.3 Å². The lowest BCUT2D eigenvalue weighted by Crippen LogP contribution is -2.53. The number of carbonyl (C=O) groups is 2. The molecule has 0 radical (unpaired) electrons. The van der Waals surface area contributed by atoms with Crippen molar-refractivity contribution in [2.75, 3.05) is 23.7 Å². The van der Waals surface area contributed by atoms with Crippen LogP contribution in [0.4, 0.5) is 5.69 Å². The van der Waals surface area contributed by atoms with Gasteiger partial charge in [0, 0.05) is 22.5 Å². The fourth-order valence-electron chi connectivity index (χ4n) is 5.35. The number of nitrogens with one attached hydrogen (secondary N) is 1. The van der Waals surface area contributed by atoms with Crippen LogP contribution < -0.4 is 14.4 Å². The summed E-state index contributed by atoms with van der Waals surface area (Å²) in [7, 11) is -4.16. The van der Waals surface area contributed by atoms with Crippen molar-refractivity contribution in [3.05, 3.63) is 83.4 Å². The fourth-order valence-corrected chi connectivity index (χ4v) is 7.30. The predicted molar refractivity (Wildman–Crippen MR) is 177 cm³/mol. The molecule has 0 bridgehead atoms. The molecule has 0 aromatic heterocycles. The number of sulfonamides is 1. The van der Waals surface area contributed by atoms with Crippen LogP contribution in [-0.2, 0) is 26.2 Å². The number of halogens is 1. The van der Waals surface area contributed by atoms with E-state index in [2.05, 4.69) is 5.32 Å². The molecular formula is C33H40ClN3O5S2. The van der Waals surface area contributed by atoms with Gasteiger partial charge >= 0.3 is 0 Å². The van der Waals surface area contributed by atoms with Crippen LogP contribution >= 0.6 is 23.4 Å². The molecule has 1 saturated carbocycles. The lowest BCUT2D eigenvalue weighted by molar-refractivity contribution is -0.140. The van der Waals surface area contributed by atoms with Crippen LogP contribution in [0.1, 0.15) is 51.5 Å². The van der Waals surface area contributed by atoms with Crippen LogP contribution in [0, 0.1) is 0 Å². The normalized spacial score (nSPS) is 14.2. The van der Waals surface area contributed by atoms with Crippen LogP contribution in [0.15, 0.2) is 82.6 Å². The van der Waals surface area contributed by atoms with Gasteiger partial charge in [-0.2, -0.15) is 0 Å². The standard InChI is InChI=1S/C33H40ClN3O5S2/c1-4-31(33(39)35-26-8-6-7-9-26)36(22-24-10-12-25(34)13-11-24)32(38)23-37(27-14-16-28(17-15-27)42-5-2)44(40,41)30-20-18-29(43-3)19-21-30/h10-21,26,31H,4-9,22-23H2,1-3H3,(H,35,39)/t31-/m0/s1. The number of hydrogen-bond acceptors (Lipinski definition) is 6. The molecule has 236 valence electrons. The zero-order valence-electron chi connectivity index (χ0n) is 25.4. The van der Waals surface area contributed by atoms with E-state index in [-0.39, 0.29) is 23.4 Å². The van der Waals surface area contributed by atoms with E-state index >= 15 is 0 Å². The summed E-state index contributed by atoms with van der Waals surface area (Å²) in [6, 6.07) is 19.5. The largest absolute Gasteiger partial charge is 0.494 e. The van der Waals surface area contributed by atoms with E-state index in [9.17, 15) is 18.0 Å². The zero-order chi connectivity index (χ0) is 31.7. The topological polar surface area (TPSA) is 96.0 Å². The second-order valence-corrected chi connectivity index (χ2v) is 13.9. The summed E-state index contributed by atoms with van der Waals surface area (Å²) < 4.78 is 34.9. The fraction of sp³-hybridized carbons (Fsp3) is 0.394. The first kappa shape index (κ1) is 33.7. The smallest absolute Gasteiger partial charge is 0.264 e. The number of benzene rings is 3. The molecule has 0 aliphatic heterocycles. The van der Waals surface area contributed by atoms with E-state index in [1.54, 1.807) is 72.8 Å². The van der Waals surface area contributed by atoms with Gasteiger partial charge in [-0.1, -0.05) is 43.5 Å². The predicted octanol–water partition coefficient (Wildman–Crippen LogP) is 6.52. The summed E-state index contributed by atoms with van der Waals surface area (Å²) in [5.41, 5.74) is 1.09. The van der Waals surface area contributed by atoms with E-state index in [0.29, 0.717) is 29.5 Å². The van der Waals surface area contributed by atoms with Crippen molar-refractivity contribution in [1.29, 1.82) is 0 Å². The van der Waals surface area contributed by atoms with Crippen molar-refractivity contribution >= 4 is 50.9 Å². The Bertz CT molecular complexity index is 1490. The van der Waals surface area contributed by atoms with Gasteiger partial charge in [-0.3, -0.25) is 13.9 Å². The third-order valence-electron chi connectivity index (χ3n) is 7.72. The van der Waals surface area contributed by atoms with Gasteiger partial charge in [0.05, 0.1) is 17.2 Å². The molecule has 2 amide bonds. The van der Waals surface area contributed by atoms with Crippen molar-refractivity contribution in [3.63, 3.8) is 0 Å². The summed E-state index contributed by atoms with van der Waals surface area (Å²) >= 11 is 7.62. The van der Waals surface area contributed by atoms with E-state index in [4.69, 9.17) is 16.3 Å². The van der Waals surface area contributed by atoms with Gasteiger partial charge in [0.15, 0.2) is 0 Å². The first-order valence-electron chi connectivity index (χ1n) is 14.9. The molecule has 0 saturated heterocycles. The lowest BCUT2D eigenvalue weighted by Gasteiger charge is -2.33. The lowest BCUT2D eigenvalue weighted by atomic mass is 10.1. The number of anilines is 1. The number of hydrogen-bond donors (Lipinski definition) is 1. The molecule has 1 N–H and O–H groups in total. The number of carbonyl (C=O) groups excluding carboxylic acids is 2. The van der Waals surface area contributed by atoms with Gasteiger partial charge in [0.25, 0.3) is 10.0 Å². The minimum atomic E-state index is -4.16. The van der Waals surface area contributed by atoms with E-state index in [0.717, 1.165) is 40.4 Å². The SMILES string of the molecule is CCOc1ccc(N(CC(=O)N(Cc2ccc(Cl)cc2)[C@@H](CC)C(=O)NC2CCCC2)S(=O)(=O)c2ccc(SC)cc2)cc1. The Morgan fingerprint density at radius 2 is 1.61 bits per heavy atom. The highest BCUT2D eigenvalue weighted by atomic mass is 35.5. The van der Waals surface area contributed by atoms with Crippen molar-refractivity contribution < 1.29 is 22.7 Å². The Balaban J connectivity index is 1.71. The minimum Gasteiger partial charge on any atom is -0.494 e. The average molecular weight is 658 g/mol. The van der Waals surface area contributed by atoms with Crippen LogP contribution in [0.5, 0.6) is 5.75 Å². The average Bonchev–Trinajstić information content (AvgIpc) is 3.54. The third kappa shape index (κ3) is 8.49. The Morgan fingerprint density at radius 1 is 0.977 bits per heavy atom. The van der Waals surface area contributed by atoms with E-state index in [1.807, 2.05) is 20.1 Å². The molecular weight excluding hydrogens is 618 g/mol. The molecule has 1 atom stereocenters. The number of rotatable bonds is 14. The van der Waals surface area contributed by atoms with Crippen molar-refractivity contribution in [1.82, 2.24) is 10.2 Å². The van der Waals surface area contributed by atoms with Crippen LogP contribution in [0.3, 0.4) is 0 Å². The monoisotopic (exact) mass is 657 g/mol. The number of thioether (sulfide) groups is 1. The summed E-state index contributed by atoms with van der Waals surface area (Å²) in [5, 5.41) is 3.68. The van der Waals surface area contributed by atoms with Crippen LogP contribution in [0.2, 0.25) is 5.02 Å². The van der Waals surface area contributed by atoms with Crippen molar-refractivity contribution in [3.8, 4) is 5.75 Å². The Kier molecular flexibility index (Phi) is 12.0. The van der Waals surface area contributed by atoms with Crippen LogP contribution in [0.25, 0.3) is 0 Å². The molecule has 1 aliphatic carbocycles. The molecule has 3 aromatic rings. The molecule has 0 unspecified atom stereocenters.